The zero-order chi connectivity index (χ0) is 18.4. The van der Waals surface area contributed by atoms with E-state index in [0.29, 0.717) is 6.42 Å². The number of aromatic amines is 1. The van der Waals surface area contributed by atoms with E-state index in [1.165, 1.54) is 6.42 Å². The molecule has 0 saturated heterocycles. The Hall–Kier alpha value is -2.50. The summed E-state index contributed by atoms with van der Waals surface area (Å²) in [4.78, 5) is 28.0. The van der Waals surface area contributed by atoms with Crippen molar-refractivity contribution in [2.24, 2.45) is 0 Å². The van der Waals surface area contributed by atoms with Crippen LogP contribution in [0.1, 0.15) is 44.6 Å². The number of para-hydroxylation sites is 1. The highest BCUT2D eigenvalue weighted by Crippen LogP contribution is 2.20. The van der Waals surface area contributed by atoms with Crippen LogP contribution in [0.15, 0.2) is 30.5 Å². The number of rotatable bonds is 6. The molecule has 0 spiro atoms. The molecule has 1 fully saturated rings. The van der Waals surface area contributed by atoms with Crippen LogP contribution in [0.25, 0.3) is 10.9 Å². The number of H-pyrrole nitrogens is 1. The fourth-order valence-corrected chi connectivity index (χ4v) is 3.59. The van der Waals surface area contributed by atoms with Gasteiger partial charge in [-0.15, -0.1) is 0 Å². The summed E-state index contributed by atoms with van der Waals surface area (Å²) in [6.07, 6.45) is 7.28. The number of benzene rings is 1. The maximum Gasteiger partial charge on any atom is 0.407 e. The van der Waals surface area contributed by atoms with Gasteiger partial charge in [0.1, 0.15) is 6.04 Å². The first-order valence-corrected chi connectivity index (χ1v) is 9.46. The van der Waals surface area contributed by atoms with Gasteiger partial charge in [0, 0.05) is 29.6 Å². The molecule has 0 aliphatic heterocycles. The predicted octanol–water partition coefficient (Wildman–Crippen LogP) is 3.27. The van der Waals surface area contributed by atoms with Crippen molar-refractivity contribution in [1.29, 1.82) is 0 Å². The SMILES string of the molecule is CCOC(=O)N[C@H](Cc1c[nH]c2ccccc12)C(=O)NC1CCCCC1. The minimum Gasteiger partial charge on any atom is -0.450 e. The van der Waals surface area contributed by atoms with Gasteiger partial charge in [0.15, 0.2) is 0 Å². The van der Waals surface area contributed by atoms with Gasteiger partial charge in [0.05, 0.1) is 6.61 Å². The van der Waals surface area contributed by atoms with Crippen LogP contribution in [0.3, 0.4) is 0 Å². The predicted molar refractivity (Wildman–Crippen MR) is 101 cm³/mol. The topological polar surface area (TPSA) is 83.2 Å². The molecular weight excluding hydrogens is 330 g/mol. The normalized spacial score (nSPS) is 16.2. The van der Waals surface area contributed by atoms with Gasteiger partial charge in [-0.3, -0.25) is 4.79 Å². The van der Waals surface area contributed by atoms with Gasteiger partial charge in [-0.2, -0.15) is 0 Å². The van der Waals surface area contributed by atoms with Gasteiger partial charge in [0.2, 0.25) is 5.91 Å². The molecule has 1 aromatic carbocycles. The van der Waals surface area contributed by atoms with Crippen LogP contribution in [0.4, 0.5) is 4.79 Å². The highest BCUT2D eigenvalue weighted by Gasteiger charge is 2.25. The third-order valence-electron chi connectivity index (χ3n) is 4.93. The molecule has 0 unspecified atom stereocenters. The van der Waals surface area contributed by atoms with Crippen molar-refractivity contribution in [2.75, 3.05) is 6.61 Å². The lowest BCUT2D eigenvalue weighted by Crippen LogP contribution is -2.51. The van der Waals surface area contributed by atoms with Crippen molar-refractivity contribution in [2.45, 2.75) is 57.5 Å². The van der Waals surface area contributed by atoms with Crippen molar-refractivity contribution < 1.29 is 14.3 Å². The molecule has 1 saturated carbocycles. The second-order valence-corrected chi connectivity index (χ2v) is 6.82. The number of hydrogen-bond donors (Lipinski definition) is 3. The van der Waals surface area contributed by atoms with Crippen LogP contribution in [0, 0.1) is 0 Å². The number of alkyl carbamates (subject to hydrolysis) is 1. The van der Waals surface area contributed by atoms with E-state index in [4.69, 9.17) is 4.74 Å². The summed E-state index contributed by atoms with van der Waals surface area (Å²) in [6.45, 7) is 2.02. The van der Waals surface area contributed by atoms with Crippen molar-refractivity contribution in [3.05, 3.63) is 36.0 Å². The minimum absolute atomic E-state index is 0.143. The Morgan fingerprint density at radius 2 is 2.00 bits per heavy atom. The molecular formula is C20H27N3O3. The van der Waals surface area contributed by atoms with Gasteiger partial charge in [-0.25, -0.2) is 4.79 Å². The van der Waals surface area contributed by atoms with Gasteiger partial charge >= 0.3 is 6.09 Å². The van der Waals surface area contributed by atoms with E-state index in [9.17, 15) is 9.59 Å². The second kappa shape index (κ2) is 8.74. The van der Waals surface area contributed by atoms with Gasteiger partial charge in [-0.05, 0) is 31.4 Å². The summed E-state index contributed by atoms with van der Waals surface area (Å²) in [6, 6.07) is 7.49. The molecule has 1 heterocycles. The summed E-state index contributed by atoms with van der Waals surface area (Å²) in [7, 11) is 0. The Kier molecular flexibility index (Phi) is 6.15. The number of hydrogen-bond acceptors (Lipinski definition) is 3. The number of carbonyl (C=O) groups is 2. The molecule has 3 N–H and O–H groups in total. The van der Waals surface area contributed by atoms with Crippen molar-refractivity contribution in [3.63, 3.8) is 0 Å². The summed E-state index contributed by atoms with van der Waals surface area (Å²) in [5.41, 5.74) is 2.02. The van der Waals surface area contributed by atoms with Crippen LogP contribution in [-0.4, -0.2) is 35.7 Å². The third-order valence-corrected chi connectivity index (χ3v) is 4.93. The standard InChI is InChI=1S/C20H27N3O3/c1-2-26-20(25)23-18(19(24)22-15-8-4-3-5-9-15)12-14-13-21-17-11-7-6-10-16(14)17/h6-7,10-11,13,15,18,21H,2-5,8-9,12H2,1H3,(H,22,24)(H,23,25)/t18-/m1/s1. The molecule has 2 aromatic rings. The van der Waals surface area contributed by atoms with Crippen LogP contribution in [-0.2, 0) is 16.0 Å². The largest absolute Gasteiger partial charge is 0.450 e. The van der Waals surface area contributed by atoms with Gasteiger partial charge in [0.25, 0.3) is 0 Å². The van der Waals surface area contributed by atoms with Crippen molar-refractivity contribution >= 4 is 22.9 Å². The lowest BCUT2D eigenvalue weighted by Gasteiger charge is -2.26. The number of ether oxygens (including phenoxy) is 1. The molecule has 0 radical (unpaired) electrons. The molecule has 1 aromatic heterocycles. The highest BCUT2D eigenvalue weighted by molar-refractivity contribution is 5.88. The summed E-state index contributed by atoms with van der Waals surface area (Å²) < 4.78 is 4.98. The van der Waals surface area contributed by atoms with Crippen molar-refractivity contribution in [3.8, 4) is 0 Å². The van der Waals surface area contributed by atoms with E-state index >= 15 is 0 Å². The maximum absolute atomic E-state index is 12.8. The molecule has 6 heteroatoms. The first-order chi connectivity index (χ1) is 12.7. The Labute approximate surface area is 153 Å². The molecule has 1 atom stereocenters. The third kappa shape index (κ3) is 4.56. The van der Waals surface area contributed by atoms with E-state index in [1.54, 1.807) is 6.92 Å². The molecule has 1 aliphatic carbocycles. The Morgan fingerprint density at radius 3 is 2.77 bits per heavy atom. The Bertz CT molecular complexity index is 750. The average Bonchev–Trinajstić information content (AvgIpc) is 3.05. The zero-order valence-electron chi connectivity index (χ0n) is 15.2. The lowest BCUT2D eigenvalue weighted by molar-refractivity contribution is -0.124. The second-order valence-electron chi connectivity index (χ2n) is 6.82. The van der Waals surface area contributed by atoms with Crippen LogP contribution < -0.4 is 10.6 Å². The monoisotopic (exact) mass is 357 g/mol. The smallest absolute Gasteiger partial charge is 0.407 e. The minimum atomic E-state index is -0.657. The highest BCUT2D eigenvalue weighted by atomic mass is 16.5. The van der Waals surface area contributed by atoms with E-state index in [0.717, 1.165) is 42.1 Å². The molecule has 6 nitrogen and oxygen atoms in total. The van der Waals surface area contributed by atoms with Gasteiger partial charge in [-0.1, -0.05) is 37.5 Å². The molecule has 0 bridgehead atoms. The number of fused-ring (bicyclic) bond motifs is 1. The van der Waals surface area contributed by atoms with Crippen LogP contribution in [0.5, 0.6) is 0 Å². The molecule has 26 heavy (non-hydrogen) atoms. The molecule has 140 valence electrons. The van der Waals surface area contributed by atoms with Crippen LogP contribution in [0.2, 0.25) is 0 Å². The summed E-state index contributed by atoms with van der Waals surface area (Å²) in [5.74, 6) is -0.143. The fraction of sp³-hybridized carbons (Fsp3) is 0.500. The molecule has 3 rings (SSSR count). The average molecular weight is 357 g/mol. The quantitative estimate of drug-likeness (QED) is 0.742. The van der Waals surface area contributed by atoms with Gasteiger partial charge < -0.3 is 20.4 Å². The van der Waals surface area contributed by atoms with E-state index in [-0.39, 0.29) is 18.6 Å². The summed E-state index contributed by atoms with van der Waals surface area (Å²) in [5, 5.41) is 6.89. The number of aromatic nitrogens is 1. The van der Waals surface area contributed by atoms with E-state index < -0.39 is 12.1 Å². The number of amides is 2. The first kappa shape index (κ1) is 18.3. The summed E-state index contributed by atoms with van der Waals surface area (Å²) >= 11 is 0. The zero-order valence-corrected chi connectivity index (χ0v) is 15.2. The maximum atomic E-state index is 12.8. The molecule has 2 amide bonds. The fourth-order valence-electron chi connectivity index (χ4n) is 3.59. The first-order valence-electron chi connectivity index (χ1n) is 9.46. The van der Waals surface area contributed by atoms with Crippen LogP contribution >= 0.6 is 0 Å². The van der Waals surface area contributed by atoms with Crippen molar-refractivity contribution in [1.82, 2.24) is 15.6 Å². The van der Waals surface area contributed by atoms with E-state index in [2.05, 4.69) is 15.6 Å². The number of carbonyl (C=O) groups excluding carboxylic acids is 2. The van der Waals surface area contributed by atoms with E-state index in [1.807, 2.05) is 30.5 Å². The molecule has 1 aliphatic rings. The Balaban J connectivity index is 1.73. The lowest BCUT2D eigenvalue weighted by atomic mass is 9.95. The number of nitrogens with one attached hydrogen (secondary N) is 3. The Morgan fingerprint density at radius 1 is 1.23 bits per heavy atom.